The number of rotatable bonds is 6. The van der Waals surface area contributed by atoms with Crippen molar-refractivity contribution < 1.29 is 14.1 Å². The summed E-state index contributed by atoms with van der Waals surface area (Å²) in [5.41, 5.74) is 3.48. The molecule has 2 aromatic heterocycles. The van der Waals surface area contributed by atoms with Gasteiger partial charge in [-0.3, -0.25) is 9.69 Å². The molecule has 0 spiro atoms. The number of amides is 1. The Hall–Kier alpha value is -2.03. The van der Waals surface area contributed by atoms with Gasteiger partial charge in [-0.2, -0.15) is 0 Å². The molecule has 1 amide bonds. The minimum absolute atomic E-state index is 0.0217. The SMILES string of the molecule is Cc1noc(C)c1CC(=O)N(C[C@@H]1CCCO1)c1nc(-c2ccc(Br)cc2)cs1. The lowest BCUT2D eigenvalue weighted by atomic mass is 10.1. The Kier molecular flexibility index (Phi) is 6.12. The number of halogens is 1. The molecule has 0 radical (unpaired) electrons. The first-order chi connectivity index (χ1) is 14.0. The van der Waals surface area contributed by atoms with Crippen molar-refractivity contribution >= 4 is 38.3 Å². The molecule has 29 heavy (non-hydrogen) atoms. The summed E-state index contributed by atoms with van der Waals surface area (Å²) in [6.45, 7) is 4.95. The van der Waals surface area contributed by atoms with Gasteiger partial charge >= 0.3 is 0 Å². The molecule has 0 bridgehead atoms. The highest BCUT2D eigenvalue weighted by Crippen LogP contribution is 2.30. The van der Waals surface area contributed by atoms with Crippen molar-refractivity contribution in [3.8, 4) is 11.3 Å². The normalized spacial score (nSPS) is 16.3. The van der Waals surface area contributed by atoms with E-state index in [0.29, 0.717) is 17.4 Å². The lowest BCUT2D eigenvalue weighted by Crippen LogP contribution is -2.38. The molecule has 0 N–H and O–H groups in total. The molecule has 1 aromatic carbocycles. The maximum atomic E-state index is 13.3. The predicted molar refractivity (Wildman–Crippen MR) is 116 cm³/mol. The molecule has 3 aromatic rings. The third kappa shape index (κ3) is 4.60. The number of aryl methyl sites for hydroxylation is 2. The van der Waals surface area contributed by atoms with Gasteiger partial charge < -0.3 is 9.26 Å². The molecular weight excluding hydrogens is 454 g/mol. The molecule has 0 aliphatic carbocycles. The molecule has 8 heteroatoms. The monoisotopic (exact) mass is 475 g/mol. The van der Waals surface area contributed by atoms with Crippen molar-refractivity contribution in [2.75, 3.05) is 18.1 Å². The Balaban J connectivity index is 1.60. The maximum absolute atomic E-state index is 13.3. The number of nitrogens with zero attached hydrogens (tertiary/aromatic N) is 3. The topological polar surface area (TPSA) is 68.5 Å². The van der Waals surface area contributed by atoms with Crippen molar-refractivity contribution in [1.82, 2.24) is 10.1 Å². The Bertz CT molecular complexity index is 974. The van der Waals surface area contributed by atoms with Crippen LogP contribution in [0.5, 0.6) is 0 Å². The highest BCUT2D eigenvalue weighted by Gasteiger charge is 2.27. The number of ether oxygens (including phenoxy) is 1. The third-order valence-corrected chi connectivity index (χ3v) is 6.48. The Morgan fingerprint density at radius 3 is 2.76 bits per heavy atom. The number of carbonyl (C=O) groups is 1. The fourth-order valence-electron chi connectivity index (χ4n) is 3.42. The van der Waals surface area contributed by atoms with Crippen LogP contribution in [0.25, 0.3) is 11.3 Å². The summed E-state index contributed by atoms with van der Waals surface area (Å²) in [4.78, 5) is 19.8. The van der Waals surface area contributed by atoms with Crippen molar-refractivity contribution in [2.45, 2.75) is 39.2 Å². The van der Waals surface area contributed by atoms with E-state index >= 15 is 0 Å². The number of thiazole rings is 1. The minimum atomic E-state index is -0.0217. The fraction of sp³-hybridized carbons (Fsp3) is 0.381. The standard InChI is InChI=1S/C21H22BrN3O3S/c1-13-18(14(2)28-24-13)10-20(26)25(11-17-4-3-9-27-17)21-23-19(12-29-21)15-5-7-16(22)8-6-15/h5-8,12,17H,3-4,9-11H2,1-2H3/t17-/m0/s1. The van der Waals surface area contributed by atoms with E-state index in [2.05, 4.69) is 21.1 Å². The smallest absolute Gasteiger partial charge is 0.233 e. The van der Waals surface area contributed by atoms with Crippen LogP contribution in [-0.2, 0) is 16.0 Å². The molecule has 1 atom stereocenters. The van der Waals surface area contributed by atoms with E-state index < -0.39 is 0 Å². The summed E-state index contributed by atoms with van der Waals surface area (Å²) in [6.07, 6.45) is 2.27. The molecular formula is C21H22BrN3O3S. The van der Waals surface area contributed by atoms with Gasteiger partial charge in [0.05, 0.1) is 30.5 Å². The second-order valence-electron chi connectivity index (χ2n) is 7.14. The molecule has 4 rings (SSSR count). The summed E-state index contributed by atoms with van der Waals surface area (Å²) >= 11 is 4.93. The van der Waals surface area contributed by atoms with Gasteiger partial charge in [0.2, 0.25) is 5.91 Å². The van der Waals surface area contributed by atoms with Crippen LogP contribution in [0, 0.1) is 13.8 Å². The Morgan fingerprint density at radius 1 is 1.31 bits per heavy atom. The van der Waals surface area contributed by atoms with Gasteiger partial charge in [-0.25, -0.2) is 4.98 Å². The number of anilines is 1. The number of hydrogen-bond donors (Lipinski definition) is 0. The second-order valence-corrected chi connectivity index (χ2v) is 8.89. The van der Waals surface area contributed by atoms with Crippen molar-refractivity contribution in [3.05, 3.63) is 51.1 Å². The first kappa shape index (κ1) is 20.3. The zero-order chi connectivity index (χ0) is 20.4. The average molecular weight is 476 g/mol. The summed E-state index contributed by atoms with van der Waals surface area (Å²) in [5.74, 6) is 0.661. The van der Waals surface area contributed by atoms with Gasteiger partial charge in [0.1, 0.15) is 5.76 Å². The first-order valence-corrected chi connectivity index (χ1v) is 11.2. The van der Waals surface area contributed by atoms with E-state index in [1.54, 1.807) is 4.90 Å². The molecule has 0 unspecified atom stereocenters. The molecule has 0 saturated carbocycles. The quantitative estimate of drug-likeness (QED) is 0.505. The lowest BCUT2D eigenvalue weighted by Gasteiger charge is -2.23. The van der Waals surface area contributed by atoms with Crippen LogP contribution >= 0.6 is 27.3 Å². The third-order valence-electron chi connectivity index (χ3n) is 5.08. The Morgan fingerprint density at radius 2 is 2.10 bits per heavy atom. The van der Waals surface area contributed by atoms with Gasteiger partial charge in [0, 0.05) is 27.6 Å². The van der Waals surface area contributed by atoms with Gasteiger partial charge in [-0.15, -0.1) is 11.3 Å². The summed E-state index contributed by atoms with van der Waals surface area (Å²) in [5, 5.41) is 6.65. The van der Waals surface area contributed by atoms with E-state index in [1.165, 1.54) is 11.3 Å². The predicted octanol–water partition coefficient (Wildman–Crippen LogP) is 4.93. The number of hydrogen-bond acceptors (Lipinski definition) is 6. The van der Waals surface area contributed by atoms with Gasteiger partial charge in [0.15, 0.2) is 5.13 Å². The van der Waals surface area contributed by atoms with E-state index in [9.17, 15) is 4.79 Å². The maximum Gasteiger partial charge on any atom is 0.233 e. The highest BCUT2D eigenvalue weighted by molar-refractivity contribution is 9.10. The van der Waals surface area contributed by atoms with Crippen LogP contribution < -0.4 is 4.90 Å². The fourth-order valence-corrected chi connectivity index (χ4v) is 4.55. The van der Waals surface area contributed by atoms with Gasteiger partial charge in [-0.05, 0) is 38.8 Å². The van der Waals surface area contributed by atoms with E-state index in [1.807, 2.05) is 43.5 Å². The lowest BCUT2D eigenvalue weighted by molar-refractivity contribution is -0.118. The van der Waals surface area contributed by atoms with E-state index in [4.69, 9.17) is 14.2 Å². The largest absolute Gasteiger partial charge is 0.376 e. The van der Waals surface area contributed by atoms with Crippen LogP contribution in [0.3, 0.4) is 0 Å². The van der Waals surface area contributed by atoms with Crippen LogP contribution in [0.2, 0.25) is 0 Å². The minimum Gasteiger partial charge on any atom is -0.376 e. The number of aromatic nitrogens is 2. The van der Waals surface area contributed by atoms with Crippen LogP contribution in [-0.4, -0.2) is 35.3 Å². The zero-order valence-electron chi connectivity index (χ0n) is 16.4. The molecule has 6 nitrogen and oxygen atoms in total. The summed E-state index contributed by atoms with van der Waals surface area (Å²) < 4.78 is 12.0. The van der Waals surface area contributed by atoms with Crippen molar-refractivity contribution in [2.24, 2.45) is 0 Å². The molecule has 1 fully saturated rings. The van der Waals surface area contributed by atoms with Crippen molar-refractivity contribution in [3.63, 3.8) is 0 Å². The van der Waals surface area contributed by atoms with Crippen LogP contribution in [0.4, 0.5) is 5.13 Å². The molecule has 3 heterocycles. The van der Waals surface area contributed by atoms with E-state index in [-0.39, 0.29) is 18.4 Å². The van der Waals surface area contributed by atoms with Gasteiger partial charge in [-0.1, -0.05) is 33.2 Å². The number of carbonyl (C=O) groups excluding carboxylic acids is 1. The molecule has 1 aliphatic rings. The van der Waals surface area contributed by atoms with Crippen LogP contribution in [0.1, 0.15) is 29.9 Å². The summed E-state index contributed by atoms with van der Waals surface area (Å²) in [6, 6.07) is 8.00. The number of benzene rings is 1. The van der Waals surface area contributed by atoms with E-state index in [0.717, 1.165) is 46.4 Å². The first-order valence-electron chi connectivity index (χ1n) is 9.56. The molecule has 1 aliphatic heterocycles. The van der Waals surface area contributed by atoms with Gasteiger partial charge in [0.25, 0.3) is 0 Å². The molecule has 1 saturated heterocycles. The van der Waals surface area contributed by atoms with Crippen LogP contribution in [0.15, 0.2) is 38.6 Å². The van der Waals surface area contributed by atoms with Crippen molar-refractivity contribution in [1.29, 1.82) is 0 Å². The average Bonchev–Trinajstić information content (AvgIpc) is 3.45. The summed E-state index contributed by atoms with van der Waals surface area (Å²) in [7, 11) is 0. The highest BCUT2D eigenvalue weighted by atomic mass is 79.9. The second kappa shape index (κ2) is 8.77. The Labute approximate surface area is 182 Å². The molecule has 152 valence electrons. The zero-order valence-corrected chi connectivity index (χ0v) is 18.8.